The largest absolute Gasteiger partial charge is 0.573 e. The number of nitrogens with zero attached hydrogens (tertiary/aromatic N) is 1. The Balaban J connectivity index is 0.00000364. The Morgan fingerprint density at radius 3 is 2.37 bits per heavy atom. The van der Waals surface area contributed by atoms with Gasteiger partial charge in [-0.15, -0.1) is 37.1 Å². The minimum Gasteiger partial charge on any atom is -0.486 e. The minimum absolute atomic E-state index is 0. The predicted molar refractivity (Wildman–Crippen MR) is 105 cm³/mol. The second kappa shape index (κ2) is 10.2. The lowest BCUT2D eigenvalue weighted by Crippen LogP contribution is -2.25. The molecule has 148 valence electrons. The van der Waals surface area contributed by atoms with Crippen molar-refractivity contribution in [2.24, 2.45) is 10.7 Å². The molecule has 0 fully saturated rings. The van der Waals surface area contributed by atoms with Crippen molar-refractivity contribution >= 4 is 35.6 Å². The van der Waals surface area contributed by atoms with E-state index >= 15 is 0 Å². The van der Waals surface area contributed by atoms with Crippen molar-refractivity contribution in [3.63, 3.8) is 0 Å². The molecule has 2 aromatic carbocycles. The van der Waals surface area contributed by atoms with Gasteiger partial charge in [0.2, 0.25) is 0 Å². The Labute approximate surface area is 170 Å². The molecule has 1 atom stereocenters. The van der Waals surface area contributed by atoms with E-state index in [4.69, 9.17) is 10.5 Å². The number of halogens is 5. The van der Waals surface area contributed by atoms with Crippen molar-refractivity contribution in [3.8, 4) is 11.5 Å². The van der Waals surface area contributed by atoms with Gasteiger partial charge in [-0.2, -0.15) is 0 Å². The second-order valence-corrected chi connectivity index (χ2v) is 5.28. The van der Waals surface area contributed by atoms with Crippen LogP contribution in [0.15, 0.2) is 53.5 Å². The van der Waals surface area contributed by atoms with Gasteiger partial charge in [0.15, 0.2) is 17.5 Å². The van der Waals surface area contributed by atoms with Gasteiger partial charge in [0.05, 0.1) is 6.54 Å². The topological polar surface area (TPSA) is 68.9 Å². The third-order valence-corrected chi connectivity index (χ3v) is 3.04. The zero-order chi connectivity index (χ0) is 19.2. The zero-order valence-electron chi connectivity index (χ0n) is 14.2. The number of nitrogens with one attached hydrogen (secondary N) is 1. The number of rotatable bonds is 6. The summed E-state index contributed by atoms with van der Waals surface area (Å²) in [5.41, 5.74) is 6.15. The summed E-state index contributed by atoms with van der Waals surface area (Å²) in [6.07, 6.45) is -5.18. The zero-order valence-corrected chi connectivity index (χ0v) is 16.5. The molecule has 1 unspecified atom stereocenters. The van der Waals surface area contributed by atoms with Crippen molar-refractivity contribution in [1.29, 1.82) is 0 Å². The van der Waals surface area contributed by atoms with Gasteiger partial charge in [-0.05, 0) is 43.3 Å². The molecule has 0 aliphatic heterocycles. The van der Waals surface area contributed by atoms with Crippen molar-refractivity contribution in [1.82, 2.24) is 0 Å². The van der Waals surface area contributed by atoms with Crippen LogP contribution in [0.2, 0.25) is 0 Å². The fourth-order valence-corrected chi connectivity index (χ4v) is 1.95. The van der Waals surface area contributed by atoms with Crippen LogP contribution in [0.1, 0.15) is 6.92 Å². The van der Waals surface area contributed by atoms with Crippen molar-refractivity contribution in [3.05, 3.63) is 54.3 Å². The molecule has 0 radical (unpaired) electrons. The Kier molecular flexibility index (Phi) is 8.60. The normalized spacial score (nSPS) is 12.7. The van der Waals surface area contributed by atoms with E-state index in [-0.39, 0.29) is 48.0 Å². The van der Waals surface area contributed by atoms with Gasteiger partial charge in [-0.1, -0.05) is 12.1 Å². The lowest BCUT2D eigenvalue weighted by atomic mass is 10.3. The number of para-hydroxylation sites is 1. The van der Waals surface area contributed by atoms with Gasteiger partial charge in [-0.25, -0.2) is 9.38 Å². The molecule has 0 spiro atoms. The summed E-state index contributed by atoms with van der Waals surface area (Å²) in [6, 6.07) is 11.0. The molecule has 10 heteroatoms. The molecule has 0 amide bonds. The lowest BCUT2D eigenvalue weighted by Gasteiger charge is -2.14. The van der Waals surface area contributed by atoms with Crippen LogP contribution >= 0.6 is 24.0 Å². The number of alkyl halides is 3. The number of guanidine groups is 1. The van der Waals surface area contributed by atoms with E-state index in [0.717, 1.165) is 12.1 Å². The summed E-state index contributed by atoms with van der Waals surface area (Å²) in [4.78, 5) is 4.05. The first kappa shape index (κ1) is 22.8. The molecular weight excluding hydrogens is 481 g/mol. The highest BCUT2D eigenvalue weighted by Gasteiger charge is 2.30. The van der Waals surface area contributed by atoms with E-state index in [2.05, 4.69) is 15.0 Å². The SMILES string of the molecule is CC(CN=C(N)Nc1ccc(OC(F)(F)F)cc1)Oc1ccccc1F.I. The number of hydrogen-bond acceptors (Lipinski definition) is 3. The molecule has 2 aromatic rings. The first-order valence-electron chi connectivity index (χ1n) is 7.57. The van der Waals surface area contributed by atoms with Gasteiger partial charge in [0.1, 0.15) is 11.9 Å². The summed E-state index contributed by atoms with van der Waals surface area (Å²) >= 11 is 0. The molecular formula is C17H18F4IN3O2. The van der Waals surface area contributed by atoms with Crippen LogP contribution in [0, 0.1) is 5.82 Å². The average Bonchev–Trinajstić information content (AvgIpc) is 2.56. The lowest BCUT2D eigenvalue weighted by molar-refractivity contribution is -0.274. The maximum Gasteiger partial charge on any atom is 0.573 e. The number of hydrogen-bond donors (Lipinski definition) is 2. The number of aliphatic imine (C=N–C) groups is 1. The number of anilines is 1. The standard InChI is InChI=1S/C17H17F4N3O2.HI/c1-11(25-15-5-3-2-4-14(15)18)10-23-16(22)24-12-6-8-13(9-7-12)26-17(19,20)21;/h2-9,11H,10H2,1H3,(H3,22,23,24);1H. The van der Waals surface area contributed by atoms with Crippen LogP contribution in [-0.4, -0.2) is 25.0 Å². The molecule has 2 rings (SSSR count). The van der Waals surface area contributed by atoms with Crippen LogP contribution in [0.5, 0.6) is 11.5 Å². The van der Waals surface area contributed by atoms with Gasteiger partial charge in [0.25, 0.3) is 0 Å². The van der Waals surface area contributed by atoms with Gasteiger partial charge < -0.3 is 20.5 Å². The Morgan fingerprint density at radius 1 is 1.15 bits per heavy atom. The van der Waals surface area contributed by atoms with Crippen molar-refractivity contribution < 1.29 is 27.0 Å². The van der Waals surface area contributed by atoms with Crippen LogP contribution < -0.4 is 20.5 Å². The number of ether oxygens (including phenoxy) is 2. The second-order valence-electron chi connectivity index (χ2n) is 5.28. The van der Waals surface area contributed by atoms with E-state index in [9.17, 15) is 17.6 Å². The maximum absolute atomic E-state index is 13.5. The summed E-state index contributed by atoms with van der Waals surface area (Å²) < 4.78 is 59.0. The van der Waals surface area contributed by atoms with Crippen LogP contribution in [0.25, 0.3) is 0 Å². The third kappa shape index (κ3) is 8.33. The fourth-order valence-electron chi connectivity index (χ4n) is 1.95. The molecule has 3 N–H and O–H groups in total. The molecule has 0 aromatic heterocycles. The third-order valence-electron chi connectivity index (χ3n) is 3.04. The monoisotopic (exact) mass is 499 g/mol. The van der Waals surface area contributed by atoms with Crippen molar-refractivity contribution in [2.75, 3.05) is 11.9 Å². The van der Waals surface area contributed by atoms with E-state index in [1.807, 2.05) is 0 Å². The van der Waals surface area contributed by atoms with Crippen molar-refractivity contribution in [2.45, 2.75) is 19.4 Å². The summed E-state index contributed by atoms with van der Waals surface area (Å²) in [7, 11) is 0. The summed E-state index contributed by atoms with van der Waals surface area (Å²) in [6.45, 7) is 1.86. The van der Waals surface area contributed by atoms with Crippen LogP contribution in [0.4, 0.5) is 23.2 Å². The summed E-state index contributed by atoms with van der Waals surface area (Å²) in [5, 5.41) is 2.72. The quantitative estimate of drug-likeness (QED) is 0.265. The molecule has 0 saturated carbocycles. The molecule has 27 heavy (non-hydrogen) atoms. The van der Waals surface area contributed by atoms with Gasteiger partial charge in [-0.3, -0.25) is 0 Å². The summed E-state index contributed by atoms with van der Waals surface area (Å²) in [5.74, 6) is -0.665. The van der Waals surface area contributed by atoms with Gasteiger partial charge >= 0.3 is 6.36 Å². The molecule has 0 bridgehead atoms. The smallest absolute Gasteiger partial charge is 0.486 e. The minimum atomic E-state index is -4.75. The molecule has 0 aliphatic carbocycles. The van der Waals surface area contributed by atoms with Gasteiger partial charge in [0, 0.05) is 5.69 Å². The predicted octanol–water partition coefficient (Wildman–Crippen LogP) is 4.54. The first-order chi connectivity index (χ1) is 12.2. The number of benzene rings is 2. The highest BCUT2D eigenvalue weighted by molar-refractivity contribution is 14.0. The molecule has 0 heterocycles. The Morgan fingerprint density at radius 2 is 1.78 bits per heavy atom. The van der Waals surface area contributed by atoms with E-state index < -0.39 is 18.3 Å². The molecule has 0 saturated heterocycles. The highest BCUT2D eigenvalue weighted by Crippen LogP contribution is 2.23. The van der Waals surface area contributed by atoms with Crippen LogP contribution in [-0.2, 0) is 0 Å². The Bertz CT molecular complexity index is 755. The Hall–Kier alpha value is -2.24. The van der Waals surface area contributed by atoms with E-state index in [1.165, 1.54) is 24.3 Å². The number of nitrogens with two attached hydrogens (primary N) is 1. The molecule has 0 aliphatic rings. The average molecular weight is 499 g/mol. The highest BCUT2D eigenvalue weighted by atomic mass is 127. The fraction of sp³-hybridized carbons (Fsp3) is 0.235. The first-order valence-corrected chi connectivity index (χ1v) is 7.57. The molecule has 5 nitrogen and oxygen atoms in total. The van der Waals surface area contributed by atoms with E-state index in [1.54, 1.807) is 19.1 Å². The van der Waals surface area contributed by atoms with E-state index in [0.29, 0.717) is 5.69 Å². The maximum atomic E-state index is 13.5. The van der Waals surface area contributed by atoms with Crippen LogP contribution in [0.3, 0.4) is 0 Å².